The van der Waals surface area contributed by atoms with Gasteiger partial charge in [0.2, 0.25) is 5.91 Å². The number of hydrogen-bond acceptors (Lipinski definition) is 4. The van der Waals surface area contributed by atoms with Crippen molar-refractivity contribution in [3.8, 4) is 0 Å². The summed E-state index contributed by atoms with van der Waals surface area (Å²) in [6.07, 6.45) is -4.82. The van der Waals surface area contributed by atoms with Crippen LogP contribution in [0.25, 0.3) is 0 Å². The fourth-order valence-corrected chi connectivity index (χ4v) is 2.26. The van der Waals surface area contributed by atoms with Crippen molar-refractivity contribution in [3.05, 3.63) is 50.8 Å². The van der Waals surface area contributed by atoms with Crippen molar-refractivity contribution in [1.29, 1.82) is 0 Å². The van der Waals surface area contributed by atoms with Crippen LogP contribution < -0.4 is 5.32 Å². The van der Waals surface area contributed by atoms with Crippen LogP contribution in [0.1, 0.15) is 17.8 Å². The molecule has 11 heteroatoms. The number of aryl methyl sites for hydroxylation is 1. The zero-order valence-corrected chi connectivity index (χ0v) is 13.6. The molecule has 2 rings (SSSR count). The molecule has 0 spiro atoms. The number of amides is 1. The van der Waals surface area contributed by atoms with E-state index < -0.39 is 27.7 Å². The van der Waals surface area contributed by atoms with Crippen molar-refractivity contribution in [2.75, 3.05) is 5.32 Å². The van der Waals surface area contributed by atoms with E-state index in [0.29, 0.717) is 5.69 Å². The van der Waals surface area contributed by atoms with Gasteiger partial charge in [0.1, 0.15) is 0 Å². The molecule has 0 atom stereocenters. The average Bonchev–Trinajstić information content (AvgIpc) is 2.81. The highest BCUT2D eigenvalue weighted by molar-refractivity contribution is 6.31. The predicted octanol–water partition coefficient (Wildman–Crippen LogP) is 3.80. The van der Waals surface area contributed by atoms with Gasteiger partial charge in [0, 0.05) is 24.2 Å². The first-order valence-corrected chi connectivity index (χ1v) is 7.32. The van der Waals surface area contributed by atoms with Crippen LogP contribution in [0.4, 0.5) is 24.5 Å². The van der Waals surface area contributed by atoms with Crippen molar-refractivity contribution >= 4 is 28.9 Å². The molecule has 2 aromatic rings. The Hall–Kier alpha value is -2.62. The standard InChI is InChI=1S/C14H12ClF3N4O3/c1-8-12(15)13(14(16,17)18)20-21(8)7-6-11(23)19-9-2-4-10(5-3-9)22(24)25/h2-5H,6-7H2,1H3,(H,19,23). The molecule has 25 heavy (non-hydrogen) atoms. The number of halogens is 4. The molecule has 0 aliphatic rings. The van der Waals surface area contributed by atoms with E-state index in [4.69, 9.17) is 11.6 Å². The second kappa shape index (κ2) is 7.09. The van der Waals surface area contributed by atoms with E-state index in [1.807, 2.05) is 0 Å². The molecule has 7 nitrogen and oxygen atoms in total. The van der Waals surface area contributed by atoms with Crippen LogP contribution in [-0.4, -0.2) is 20.6 Å². The molecule has 0 fully saturated rings. The molecule has 1 amide bonds. The third kappa shape index (κ3) is 4.47. The van der Waals surface area contributed by atoms with Crippen molar-refractivity contribution in [2.45, 2.75) is 26.1 Å². The Morgan fingerprint density at radius 3 is 2.44 bits per heavy atom. The Kier molecular flexibility index (Phi) is 5.31. The van der Waals surface area contributed by atoms with E-state index in [2.05, 4.69) is 10.4 Å². The summed E-state index contributed by atoms with van der Waals surface area (Å²) in [7, 11) is 0. The number of alkyl halides is 3. The summed E-state index contributed by atoms with van der Waals surface area (Å²) < 4.78 is 39.2. The molecular weight excluding hydrogens is 365 g/mol. The number of hydrogen-bond donors (Lipinski definition) is 1. The highest BCUT2D eigenvalue weighted by atomic mass is 35.5. The van der Waals surface area contributed by atoms with Gasteiger partial charge >= 0.3 is 6.18 Å². The number of rotatable bonds is 5. The number of benzene rings is 1. The molecule has 0 bridgehead atoms. The summed E-state index contributed by atoms with van der Waals surface area (Å²) in [4.78, 5) is 21.8. The molecule has 0 aliphatic heterocycles. The van der Waals surface area contributed by atoms with Gasteiger partial charge in [-0.05, 0) is 19.1 Å². The Labute approximate surface area is 144 Å². The minimum Gasteiger partial charge on any atom is -0.326 e. The SMILES string of the molecule is Cc1c(Cl)c(C(F)(F)F)nn1CCC(=O)Nc1ccc([N+](=O)[O-])cc1. The molecule has 0 saturated carbocycles. The van der Waals surface area contributed by atoms with Crippen LogP contribution in [0.15, 0.2) is 24.3 Å². The average molecular weight is 377 g/mol. The lowest BCUT2D eigenvalue weighted by atomic mass is 10.2. The number of carbonyl (C=O) groups is 1. The van der Waals surface area contributed by atoms with E-state index in [1.165, 1.54) is 31.2 Å². The first-order chi connectivity index (χ1) is 11.6. The molecule has 1 aromatic heterocycles. The van der Waals surface area contributed by atoms with E-state index in [0.717, 1.165) is 4.68 Å². The molecular formula is C14H12ClF3N4O3. The molecule has 1 N–H and O–H groups in total. The number of carbonyl (C=O) groups excluding carboxylic acids is 1. The van der Waals surface area contributed by atoms with Gasteiger partial charge in [-0.25, -0.2) is 0 Å². The van der Waals surface area contributed by atoms with Gasteiger partial charge in [-0.3, -0.25) is 19.6 Å². The summed E-state index contributed by atoms with van der Waals surface area (Å²) >= 11 is 5.63. The van der Waals surface area contributed by atoms with Crippen LogP contribution in [0.2, 0.25) is 5.02 Å². The first kappa shape index (κ1) is 18.7. The molecule has 134 valence electrons. The van der Waals surface area contributed by atoms with E-state index in [-0.39, 0.29) is 24.3 Å². The van der Waals surface area contributed by atoms with Crippen molar-refractivity contribution in [2.24, 2.45) is 0 Å². The smallest absolute Gasteiger partial charge is 0.326 e. The Balaban J connectivity index is 1.99. The maximum atomic E-state index is 12.7. The van der Waals surface area contributed by atoms with E-state index >= 15 is 0 Å². The second-order valence-corrected chi connectivity index (χ2v) is 5.45. The van der Waals surface area contributed by atoms with Gasteiger partial charge in [-0.2, -0.15) is 18.3 Å². The van der Waals surface area contributed by atoms with Crippen LogP contribution in [0.5, 0.6) is 0 Å². The highest BCUT2D eigenvalue weighted by Crippen LogP contribution is 2.35. The zero-order valence-electron chi connectivity index (χ0n) is 12.8. The first-order valence-electron chi connectivity index (χ1n) is 6.94. The monoisotopic (exact) mass is 376 g/mol. The number of non-ortho nitro benzene ring substituents is 1. The summed E-state index contributed by atoms with van der Waals surface area (Å²) in [5.74, 6) is -0.478. The van der Waals surface area contributed by atoms with Gasteiger partial charge in [0.15, 0.2) is 5.69 Å². The quantitative estimate of drug-likeness (QED) is 0.634. The van der Waals surface area contributed by atoms with E-state index in [1.54, 1.807) is 0 Å². The Morgan fingerprint density at radius 2 is 1.96 bits per heavy atom. The summed E-state index contributed by atoms with van der Waals surface area (Å²) in [5, 5.41) is 15.9. The lowest BCUT2D eigenvalue weighted by Crippen LogP contribution is -2.16. The van der Waals surface area contributed by atoms with Crippen LogP contribution >= 0.6 is 11.6 Å². The Bertz CT molecular complexity index is 803. The lowest BCUT2D eigenvalue weighted by Gasteiger charge is -2.06. The molecule has 1 heterocycles. The summed E-state index contributed by atoms with van der Waals surface area (Å²) in [6, 6.07) is 5.16. The van der Waals surface area contributed by atoms with Gasteiger partial charge in [-0.1, -0.05) is 11.6 Å². The summed E-state index contributed by atoms with van der Waals surface area (Å²) in [6.45, 7) is 1.28. The minimum absolute atomic E-state index is 0.0968. The van der Waals surface area contributed by atoms with Gasteiger partial charge < -0.3 is 5.32 Å². The predicted molar refractivity (Wildman–Crippen MR) is 83.3 cm³/mol. The molecule has 0 unspecified atom stereocenters. The normalized spacial score (nSPS) is 11.4. The summed E-state index contributed by atoms with van der Waals surface area (Å²) in [5.41, 5.74) is -0.874. The molecule has 0 aliphatic carbocycles. The maximum Gasteiger partial charge on any atom is 0.436 e. The number of anilines is 1. The molecule has 1 aromatic carbocycles. The largest absolute Gasteiger partial charge is 0.436 e. The van der Waals surface area contributed by atoms with Gasteiger partial charge in [0.05, 0.1) is 22.2 Å². The third-order valence-electron chi connectivity index (χ3n) is 3.31. The topological polar surface area (TPSA) is 90.1 Å². The number of nitro benzene ring substituents is 1. The number of nitrogens with one attached hydrogen (secondary N) is 1. The number of aromatic nitrogens is 2. The molecule has 0 saturated heterocycles. The number of nitrogens with zero attached hydrogens (tertiary/aromatic N) is 3. The van der Waals surface area contributed by atoms with Gasteiger partial charge in [0.25, 0.3) is 5.69 Å². The number of nitro groups is 1. The Morgan fingerprint density at radius 1 is 1.36 bits per heavy atom. The van der Waals surface area contributed by atoms with Crippen molar-refractivity contribution in [1.82, 2.24) is 9.78 Å². The van der Waals surface area contributed by atoms with Crippen LogP contribution in [0, 0.1) is 17.0 Å². The third-order valence-corrected chi connectivity index (χ3v) is 3.77. The van der Waals surface area contributed by atoms with Crippen LogP contribution in [0.3, 0.4) is 0 Å². The van der Waals surface area contributed by atoms with Gasteiger partial charge in [-0.15, -0.1) is 0 Å². The highest BCUT2D eigenvalue weighted by Gasteiger charge is 2.38. The maximum absolute atomic E-state index is 12.7. The molecule has 0 radical (unpaired) electrons. The second-order valence-electron chi connectivity index (χ2n) is 5.07. The minimum atomic E-state index is -4.67. The van der Waals surface area contributed by atoms with Crippen LogP contribution in [-0.2, 0) is 17.5 Å². The lowest BCUT2D eigenvalue weighted by molar-refractivity contribution is -0.384. The van der Waals surface area contributed by atoms with E-state index in [9.17, 15) is 28.1 Å². The van der Waals surface area contributed by atoms with Crippen molar-refractivity contribution in [3.63, 3.8) is 0 Å². The fraction of sp³-hybridized carbons (Fsp3) is 0.286. The zero-order chi connectivity index (χ0) is 18.8. The fourth-order valence-electron chi connectivity index (χ4n) is 2.02. The van der Waals surface area contributed by atoms with Crippen molar-refractivity contribution < 1.29 is 22.9 Å².